The third-order valence-corrected chi connectivity index (χ3v) is 3.99. The first-order chi connectivity index (χ1) is 9.38. The molecular formula is C14H18N2O3S. The van der Waals surface area contributed by atoms with Crippen LogP contribution in [0.3, 0.4) is 0 Å². The van der Waals surface area contributed by atoms with Crippen molar-refractivity contribution in [1.29, 1.82) is 0 Å². The number of oxazole rings is 1. The number of hydrogen-bond acceptors (Lipinski definition) is 5. The molecule has 0 atom stereocenters. The Morgan fingerprint density at radius 3 is 2.45 bits per heavy atom. The van der Waals surface area contributed by atoms with Crippen molar-refractivity contribution in [3.63, 3.8) is 0 Å². The molecule has 2 aromatic rings. The van der Waals surface area contributed by atoms with Gasteiger partial charge in [-0.1, -0.05) is 13.8 Å². The highest BCUT2D eigenvalue weighted by molar-refractivity contribution is 7.90. The zero-order valence-electron chi connectivity index (χ0n) is 11.8. The monoisotopic (exact) mass is 294 g/mol. The second-order valence-electron chi connectivity index (χ2n) is 4.96. The average Bonchev–Trinajstić information content (AvgIpc) is 2.83. The number of nitrogens with one attached hydrogen (secondary N) is 1. The lowest BCUT2D eigenvalue weighted by molar-refractivity contribution is 0.562. The second kappa shape index (κ2) is 5.76. The second-order valence-corrected chi connectivity index (χ2v) is 6.98. The van der Waals surface area contributed by atoms with E-state index >= 15 is 0 Å². The molecule has 0 unspecified atom stereocenters. The molecule has 0 bridgehead atoms. The van der Waals surface area contributed by atoms with E-state index < -0.39 is 9.84 Å². The van der Waals surface area contributed by atoms with Crippen LogP contribution in [0.2, 0.25) is 0 Å². The van der Waals surface area contributed by atoms with Gasteiger partial charge >= 0.3 is 0 Å². The van der Waals surface area contributed by atoms with Crippen LogP contribution in [-0.2, 0) is 16.4 Å². The lowest BCUT2D eigenvalue weighted by Gasteiger charge is -2.07. The molecule has 0 radical (unpaired) electrons. The van der Waals surface area contributed by atoms with Gasteiger partial charge in [0.05, 0.1) is 4.90 Å². The molecule has 5 nitrogen and oxygen atoms in total. The Kier molecular flexibility index (Phi) is 4.25. The molecule has 20 heavy (non-hydrogen) atoms. The van der Waals surface area contributed by atoms with Crippen molar-refractivity contribution in [3.05, 3.63) is 36.4 Å². The maximum atomic E-state index is 11.4. The summed E-state index contributed by atoms with van der Waals surface area (Å²) in [4.78, 5) is 4.48. The number of hydrogen-bond donors (Lipinski definition) is 1. The van der Waals surface area contributed by atoms with E-state index in [1.54, 1.807) is 24.3 Å². The van der Waals surface area contributed by atoms with Crippen molar-refractivity contribution in [2.24, 2.45) is 0 Å². The van der Waals surface area contributed by atoms with Crippen LogP contribution in [0.25, 0.3) is 11.3 Å². The summed E-state index contributed by atoms with van der Waals surface area (Å²) >= 11 is 0. The molecule has 0 aliphatic heterocycles. The van der Waals surface area contributed by atoms with Crippen LogP contribution >= 0.6 is 0 Å². The fourth-order valence-corrected chi connectivity index (χ4v) is 2.41. The minimum Gasteiger partial charge on any atom is -0.443 e. The minimum absolute atomic E-state index is 0.294. The summed E-state index contributed by atoms with van der Waals surface area (Å²) in [6, 6.07) is 6.97. The first-order valence-corrected chi connectivity index (χ1v) is 8.23. The Morgan fingerprint density at radius 1 is 1.25 bits per heavy atom. The first-order valence-electron chi connectivity index (χ1n) is 6.34. The highest BCUT2D eigenvalue weighted by atomic mass is 32.2. The molecule has 0 saturated carbocycles. The largest absolute Gasteiger partial charge is 0.443 e. The summed E-state index contributed by atoms with van der Waals surface area (Å²) in [5.74, 6) is 0.665. The van der Waals surface area contributed by atoms with Crippen LogP contribution in [0, 0.1) is 0 Å². The van der Waals surface area contributed by atoms with E-state index in [9.17, 15) is 8.42 Å². The van der Waals surface area contributed by atoms with Gasteiger partial charge in [0.2, 0.25) is 0 Å². The number of rotatable bonds is 5. The van der Waals surface area contributed by atoms with Gasteiger partial charge in [-0.05, 0) is 24.3 Å². The summed E-state index contributed by atoms with van der Waals surface area (Å²) < 4.78 is 28.3. The molecule has 1 aromatic heterocycles. The molecule has 0 aliphatic carbocycles. The highest BCUT2D eigenvalue weighted by Gasteiger charge is 2.12. The van der Waals surface area contributed by atoms with E-state index in [4.69, 9.17) is 4.42 Å². The molecule has 0 amide bonds. The Morgan fingerprint density at radius 2 is 1.90 bits per heavy atom. The van der Waals surface area contributed by atoms with Gasteiger partial charge in [-0.3, -0.25) is 0 Å². The van der Waals surface area contributed by atoms with Crippen molar-refractivity contribution >= 4 is 9.84 Å². The molecular weight excluding hydrogens is 276 g/mol. The summed E-state index contributed by atoms with van der Waals surface area (Å²) in [7, 11) is -3.18. The average molecular weight is 294 g/mol. The van der Waals surface area contributed by atoms with Gasteiger partial charge in [-0.15, -0.1) is 0 Å². The first kappa shape index (κ1) is 14.7. The molecule has 108 valence electrons. The molecule has 1 N–H and O–H groups in total. The van der Waals surface area contributed by atoms with Crippen LogP contribution in [-0.4, -0.2) is 25.7 Å². The summed E-state index contributed by atoms with van der Waals surface area (Å²) in [5.41, 5.74) is 1.63. The predicted molar refractivity (Wildman–Crippen MR) is 77.0 cm³/mol. The van der Waals surface area contributed by atoms with Crippen LogP contribution in [0.15, 0.2) is 40.0 Å². The van der Waals surface area contributed by atoms with E-state index in [0.717, 1.165) is 11.3 Å². The van der Waals surface area contributed by atoms with E-state index in [-0.39, 0.29) is 0 Å². The smallest absolute Gasteiger partial charge is 0.181 e. The fraction of sp³-hybridized carbons (Fsp3) is 0.357. The predicted octanol–water partition coefficient (Wildman–Crippen LogP) is 2.24. The van der Waals surface area contributed by atoms with Gasteiger partial charge in [-0.25, -0.2) is 13.4 Å². The van der Waals surface area contributed by atoms with E-state index in [0.29, 0.717) is 23.2 Å². The zero-order valence-corrected chi connectivity index (χ0v) is 12.6. The lowest BCUT2D eigenvalue weighted by atomic mass is 10.1. The number of sulfone groups is 1. The highest BCUT2D eigenvalue weighted by Crippen LogP contribution is 2.24. The topological polar surface area (TPSA) is 72.2 Å². The molecule has 6 heteroatoms. The zero-order chi connectivity index (χ0) is 14.8. The third-order valence-electron chi connectivity index (χ3n) is 2.86. The van der Waals surface area contributed by atoms with Crippen LogP contribution in [0.1, 0.15) is 19.5 Å². The van der Waals surface area contributed by atoms with Crippen molar-refractivity contribution in [2.45, 2.75) is 31.3 Å². The number of benzene rings is 1. The van der Waals surface area contributed by atoms with Crippen LogP contribution in [0.4, 0.5) is 0 Å². The molecule has 1 aromatic carbocycles. The van der Waals surface area contributed by atoms with Crippen molar-refractivity contribution in [1.82, 2.24) is 10.3 Å². The summed E-state index contributed by atoms with van der Waals surface area (Å²) in [6.07, 6.45) is 2.59. The Bertz CT molecular complexity index is 673. The third kappa shape index (κ3) is 3.46. The Hall–Kier alpha value is -1.66. The maximum Gasteiger partial charge on any atom is 0.181 e. The van der Waals surface area contributed by atoms with Crippen LogP contribution < -0.4 is 5.32 Å². The van der Waals surface area contributed by atoms with Crippen molar-refractivity contribution in [2.75, 3.05) is 6.26 Å². The SMILES string of the molecule is CC(C)NCc1ncoc1-c1ccc(S(C)(=O)=O)cc1. The lowest BCUT2D eigenvalue weighted by Crippen LogP contribution is -2.22. The normalized spacial score (nSPS) is 12.0. The van der Waals surface area contributed by atoms with E-state index in [1.807, 2.05) is 0 Å². The van der Waals surface area contributed by atoms with E-state index in [2.05, 4.69) is 24.1 Å². The van der Waals surface area contributed by atoms with Crippen LogP contribution in [0.5, 0.6) is 0 Å². The Labute approximate surface area is 119 Å². The van der Waals surface area contributed by atoms with E-state index in [1.165, 1.54) is 12.6 Å². The molecule has 0 aliphatic rings. The summed E-state index contributed by atoms with van der Waals surface area (Å²) in [5, 5.41) is 3.28. The minimum atomic E-state index is -3.18. The number of aromatic nitrogens is 1. The molecule has 0 saturated heterocycles. The fourth-order valence-electron chi connectivity index (χ4n) is 1.78. The van der Waals surface area contributed by atoms with Crippen molar-refractivity contribution in [3.8, 4) is 11.3 Å². The van der Waals surface area contributed by atoms with Gasteiger partial charge in [0.25, 0.3) is 0 Å². The molecule has 0 spiro atoms. The Balaban J connectivity index is 2.26. The molecule has 0 fully saturated rings. The van der Waals surface area contributed by atoms with Crippen molar-refractivity contribution < 1.29 is 12.8 Å². The van der Waals surface area contributed by atoms with Gasteiger partial charge in [-0.2, -0.15) is 0 Å². The van der Waals surface area contributed by atoms with Gasteiger partial charge < -0.3 is 9.73 Å². The molecule has 2 rings (SSSR count). The van der Waals surface area contributed by atoms with Gasteiger partial charge in [0.1, 0.15) is 5.69 Å². The molecule has 1 heterocycles. The van der Waals surface area contributed by atoms with Gasteiger partial charge in [0, 0.05) is 24.4 Å². The number of nitrogens with zero attached hydrogens (tertiary/aromatic N) is 1. The quantitative estimate of drug-likeness (QED) is 0.915. The summed E-state index contributed by atoms with van der Waals surface area (Å²) in [6.45, 7) is 4.72. The van der Waals surface area contributed by atoms with Gasteiger partial charge in [0.15, 0.2) is 22.0 Å². The standard InChI is InChI=1S/C14H18N2O3S/c1-10(2)15-8-13-14(19-9-16-13)11-4-6-12(7-5-11)20(3,17)18/h4-7,9-10,15H,8H2,1-3H3. The maximum absolute atomic E-state index is 11.4.